The van der Waals surface area contributed by atoms with Gasteiger partial charge in [0.05, 0.1) is 35.0 Å². The average molecular weight is 585 g/mol. The highest BCUT2D eigenvalue weighted by Crippen LogP contribution is 2.45. The van der Waals surface area contributed by atoms with E-state index in [1.54, 1.807) is 18.2 Å². The van der Waals surface area contributed by atoms with Crippen LogP contribution in [0.1, 0.15) is 70.2 Å². The van der Waals surface area contributed by atoms with Crippen LogP contribution in [-0.2, 0) is 15.0 Å². The van der Waals surface area contributed by atoms with Gasteiger partial charge in [0.15, 0.2) is 5.13 Å². The summed E-state index contributed by atoms with van der Waals surface area (Å²) in [7, 11) is 0. The molecule has 2 heterocycles. The van der Waals surface area contributed by atoms with Gasteiger partial charge in [-0.05, 0) is 60.2 Å². The molecule has 3 aromatic carbocycles. The van der Waals surface area contributed by atoms with E-state index in [9.17, 15) is 14.7 Å². The number of amides is 1. The fourth-order valence-corrected chi connectivity index (χ4v) is 6.01. The monoisotopic (exact) mass is 584 g/mol. The molecule has 1 amide bonds. The maximum absolute atomic E-state index is 13.7. The predicted molar refractivity (Wildman–Crippen MR) is 168 cm³/mol. The Hall–Kier alpha value is -4.17. The first-order valence-electron chi connectivity index (χ1n) is 14.3. The number of anilines is 1. The van der Waals surface area contributed by atoms with Gasteiger partial charge in [0.25, 0.3) is 5.78 Å². The number of aromatic nitrogens is 1. The third-order valence-electron chi connectivity index (χ3n) is 7.28. The van der Waals surface area contributed by atoms with E-state index in [4.69, 9.17) is 14.5 Å². The van der Waals surface area contributed by atoms with Crippen LogP contribution in [0, 0.1) is 0 Å². The molecule has 0 bridgehead atoms. The molecule has 218 valence electrons. The number of aliphatic hydroxyl groups excluding tert-OH is 1. The van der Waals surface area contributed by atoms with E-state index in [2.05, 4.69) is 27.7 Å². The van der Waals surface area contributed by atoms with E-state index < -0.39 is 17.7 Å². The Bertz CT molecular complexity index is 1650. The largest absolute Gasteiger partial charge is 0.507 e. The summed E-state index contributed by atoms with van der Waals surface area (Å²) >= 11 is 1.31. The maximum Gasteiger partial charge on any atom is 0.301 e. The van der Waals surface area contributed by atoms with E-state index in [1.807, 2.05) is 55.5 Å². The van der Waals surface area contributed by atoms with Gasteiger partial charge < -0.3 is 14.6 Å². The quantitative estimate of drug-likeness (QED) is 0.0935. The number of ether oxygens (including phenoxy) is 2. The zero-order valence-corrected chi connectivity index (χ0v) is 25.5. The second-order valence-corrected chi connectivity index (χ2v) is 12.3. The smallest absolute Gasteiger partial charge is 0.301 e. The first-order chi connectivity index (χ1) is 20.1. The molecular weight excluding hydrogens is 548 g/mol. The Labute approximate surface area is 250 Å². The molecule has 0 radical (unpaired) electrons. The molecule has 0 aliphatic carbocycles. The summed E-state index contributed by atoms with van der Waals surface area (Å²) in [4.78, 5) is 33.5. The first-order valence-corrected chi connectivity index (χ1v) is 15.1. The Morgan fingerprint density at radius 1 is 0.976 bits per heavy atom. The highest BCUT2D eigenvalue weighted by atomic mass is 32.1. The molecule has 0 spiro atoms. The van der Waals surface area contributed by atoms with Crippen molar-refractivity contribution in [3.8, 4) is 11.5 Å². The van der Waals surface area contributed by atoms with Gasteiger partial charge in [-0.2, -0.15) is 0 Å². The molecule has 1 fully saturated rings. The molecule has 1 saturated heterocycles. The predicted octanol–water partition coefficient (Wildman–Crippen LogP) is 7.80. The van der Waals surface area contributed by atoms with Crippen molar-refractivity contribution in [3.05, 3.63) is 89.0 Å². The van der Waals surface area contributed by atoms with Crippen molar-refractivity contribution in [2.24, 2.45) is 0 Å². The van der Waals surface area contributed by atoms with Gasteiger partial charge >= 0.3 is 5.91 Å². The number of thiazole rings is 1. The van der Waals surface area contributed by atoms with Crippen LogP contribution in [0.25, 0.3) is 16.0 Å². The normalized spacial score (nSPS) is 16.8. The van der Waals surface area contributed by atoms with Crippen LogP contribution in [0.2, 0.25) is 0 Å². The van der Waals surface area contributed by atoms with Gasteiger partial charge in [0.2, 0.25) is 0 Å². The van der Waals surface area contributed by atoms with Gasteiger partial charge in [-0.3, -0.25) is 14.5 Å². The number of Topliss-reactive ketones (excluding diaryl/α,β-unsaturated/α-hetero) is 1. The summed E-state index contributed by atoms with van der Waals surface area (Å²) in [5.74, 6) is -0.451. The molecule has 4 aromatic rings. The summed E-state index contributed by atoms with van der Waals surface area (Å²) in [6.07, 6.45) is 1.90. The number of nitrogens with zero attached hydrogens (tertiary/aromatic N) is 2. The van der Waals surface area contributed by atoms with E-state index in [0.717, 1.165) is 23.1 Å². The van der Waals surface area contributed by atoms with E-state index >= 15 is 0 Å². The fourth-order valence-electron chi connectivity index (χ4n) is 4.99. The third kappa shape index (κ3) is 5.77. The highest BCUT2D eigenvalue weighted by molar-refractivity contribution is 7.22. The number of hydrogen-bond donors (Lipinski definition) is 1. The van der Waals surface area contributed by atoms with Crippen LogP contribution in [0.15, 0.2) is 72.3 Å². The summed E-state index contributed by atoms with van der Waals surface area (Å²) in [6, 6.07) is 19.5. The SMILES string of the molecule is CCCCOc1cccc(/C(O)=C2\C(=O)C(=O)N(c3nc4ccc(OCC)cc4s3)C2c2ccc(C(C)(C)C)cc2)c1. The van der Waals surface area contributed by atoms with Crippen LogP contribution in [0.5, 0.6) is 11.5 Å². The molecule has 5 rings (SSSR count). The number of fused-ring (bicyclic) bond motifs is 1. The summed E-state index contributed by atoms with van der Waals surface area (Å²) < 4.78 is 12.3. The van der Waals surface area contributed by atoms with Crippen LogP contribution in [-0.4, -0.2) is 35.0 Å². The summed E-state index contributed by atoms with van der Waals surface area (Å²) in [5, 5.41) is 12.0. The van der Waals surface area contributed by atoms with Gasteiger partial charge in [0, 0.05) is 5.56 Å². The third-order valence-corrected chi connectivity index (χ3v) is 8.29. The molecule has 1 aromatic heterocycles. The molecule has 1 N–H and O–H groups in total. The number of rotatable bonds is 9. The first kappa shape index (κ1) is 29.3. The van der Waals surface area contributed by atoms with E-state index in [-0.39, 0.29) is 16.7 Å². The minimum absolute atomic E-state index is 0.0171. The lowest BCUT2D eigenvalue weighted by Gasteiger charge is -2.24. The van der Waals surface area contributed by atoms with Crippen molar-refractivity contribution in [2.75, 3.05) is 18.1 Å². The molecule has 7 nitrogen and oxygen atoms in total. The van der Waals surface area contributed by atoms with Gasteiger partial charge in [0.1, 0.15) is 17.3 Å². The van der Waals surface area contributed by atoms with Crippen molar-refractivity contribution in [1.82, 2.24) is 4.98 Å². The lowest BCUT2D eigenvalue weighted by atomic mass is 9.85. The topological polar surface area (TPSA) is 89.0 Å². The lowest BCUT2D eigenvalue weighted by Crippen LogP contribution is -2.29. The van der Waals surface area contributed by atoms with Crippen molar-refractivity contribution in [1.29, 1.82) is 0 Å². The van der Waals surface area contributed by atoms with Crippen LogP contribution in [0.4, 0.5) is 5.13 Å². The number of aliphatic hydroxyl groups is 1. The number of unbranched alkanes of at least 4 members (excludes halogenated alkanes) is 1. The van der Waals surface area contributed by atoms with E-state index in [0.29, 0.717) is 46.5 Å². The molecular formula is C34H36N2O5S. The van der Waals surface area contributed by atoms with Crippen molar-refractivity contribution >= 4 is 44.1 Å². The van der Waals surface area contributed by atoms with Crippen molar-refractivity contribution in [2.45, 2.75) is 58.9 Å². The Kier molecular flexibility index (Phi) is 8.36. The lowest BCUT2D eigenvalue weighted by molar-refractivity contribution is -0.132. The van der Waals surface area contributed by atoms with Crippen LogP contribution >= 0.6 is 11.3 Å². The minimum Gasteiger partial charge on any atom is -0.507 e. The van der Waals surface area contributed by atoms with Crippen LogP contribution < -0.4 is 14.4 Å². The van der Waals surface area contributed by atoms with Gasteiger partial charge in [-0.25, -0.2) is 4.98 Å². The van der Waals surface area contributed by atoms with E-state index in [1.165, 1.54) is 16.2 Å². The number of hydrogen-bond acceptors (Lipinski definition) is 7. The number of ketones is 1. The molecule has 1 unspecified atom stereocenters. The number of carbonyl (C=O) groups is 2. The highest BCUT2D eigenvalue weighted by Gasteiger charge is 2.48. The Balaban J connectivity index is 1.64. The second kappa shape index (κ2) is 12.0. The number of benzene rings is 3. The van der Waals surface area contributed by atoms with Crippen LogP contribution in [0.3, 0.4) is 0 Å². The minimum atomic E-state index is -0.865. The zero-order valence-electron chi connectivity index (χ0n) is 24.6. The summed E-state index contributed by atoms with van der Waals surface area (Å²) in [6.45, 7) is 11.5. The molecule has 42 heavy (non-hydrogen) atoms. The molecule has 0 saturated carbocycles. The van der Waals surface area contributed by atoms with Gasteiger partial charge in [-0.15, -0.1) is 0 Å². The molecule has 1 aliphatic heterocycles. The van der Waals surface area contributed by atoms with Gasteiger partial charge in [-0.1, -0.05) is 81.9 Å². The molecule has 1 aliphatic rings. The molecule has 1 atom stereocenters. The Morgan fingerprint density at radius 3 is 2.40 bits per heavy atom. The maximum atomic E-state index is 13.7. The summed E-state index contributed by atoms with van der Waals surface area (Å²) in [5.41, 5.74) is 2.85. The van der Waals surface area contributed by atoms with Crippen molar-refractivity contribution in [3.63, 3.8) is 0 Å². The standard InChI is InChI=1S/C34H36N2O5S/c1-6-8-18-41-24-11-9-10-22(19-24)30(37)28-29(21-12-14-23(15-13-21)34(3,4)5)36(32(39)31(28)38)33-35-26-17-16-25(40-7-2)20-27(26)42-33/h9-17,19-20,29,37H,6-8,18H2,1-5H3/b30-28+. The number of carbonyl (C=O) groups excluding carboxylic acids is 2. The molecule has 8 heteroatoms. The fraction of sp³-hybridized carbons (Fsp3) is 0.324. The van der Waals surface area contributed by atoms with Crippen molar-refractivity contribution < 1.29 is 24.2 Å². The zero-order chi connectivity index (χ0) is 30.0. The second-order valence-electron chi connectivity index (χ2n) is 11.3. The Morgan fingerprint density at radius 2 is 1.71 bits per heavy atom. The average Bonchev–Trinajstić information content (AvgIpc) is 3.50.